The number of carbonyl (C=O) groups is 3. The smallest absolute Gasteiger partial charge is 0.338 e. The van der Waals surface area contributed by atoms with Crippen molar-refractivity contribution in [1.29, 1.82) is 0 Å². The molecule has 37 heavy (non-hydrogen) atoms. The molecule has 4 rings (SSSR count). The number of hydrogen-bond acceptors (Lipinski definition) is 8. The van der Waals surface area contributed by atoms with Gasteiger partial charge in [-0.2, -0.15) is 0 Å². The molecular formula is C28H35N3O5S. The Morgan fingerprint density at radius 3 is 2.65 bits per heavy atom. The van der Waals surface area contributed by atoms with Crippen LogP contribution in [0.25, 0.3) is 0 Å². The van der Waals surface area contributed by atoms with Crippen LogP contribution in [0.5, 0.6) is 0 Å². The van der Waals surface area contributed by atoms with E-state index >= 15 is 0 Å². The van der Waals surface area contributed by atoms with Crippen LogP contribution < -0.4 is 0 Å². The summed E-state index contributed by atoms with van der Waals surface area (Å²) in [5.41, 5.74) is 3.88. The third kappa shape index (κ3) is 5.76. The molecule has 0 radical (unpaired) electrons. The van der Waals surface area contributed by atoms with Crippen molar-refractivity contribution in [3.8, 4) is 0 Å². The highest BCUT2D eigenvalue weighted by Gasteiger charge is 2.42. The predicted molar refractivity (Wildman–Crippen MR) is 143 cm³/mol. The summed E-state index contributed by atoms with van der Waals surface area (Å²) in [4.78, 5) is 47.5. The maximum Gasteiger partial charge on any atom is 0.338 e. The van der Waals surface area contributed by atoms with Crippen molar-refractivity contribution in [3.05, 3.63) is 57.8 Å². The first-order chi connectivity index (χ1) is 17.7. The number of hydrogen-bond donors (Lipinski definition) is 0. The minimum atomic E-state index is -0.456. The molecule has 0 saturated carbocycles. The topological polar surface area (TPSA) is 88.5 Å². The van der Waals surface area contributed by atoms with E-state index in [1.54, 1.807) is 11.8 Å². The largest absolute Gasteiger partial charge is 0.466 e. The van der Waals surface area contributed by atoms with Gasteiger partial charge in [0.25, 0.3) is 0 Å². The maximum absolute atomic E-state index is 13.4. The summed E-state index contributed by atoms with van der Waals surface area (Å²) < 4.78 is 10.8. The molecule has 8 nitrogen and oxygen atoms in total. The molecule has 2 atom stereocenters. The molecule has 1 fully saturated rings. The zero-order chi connectivity index (χ0) is 26.7. The lowest BCUT2D eigenvalue weighted by molar-refractivity contribution is -0.151. The first-order valence-electron chi connectivity index (χ1n) is 12.9. The number of nitrogens with zero attached hydrogens (tertiary/aromatic N) is 3. The van der Waals surface area contributed by atoms with Gasteiger partial charge in [-0.15, -0.1) is 0 Å². The number of amidine groups is 1. The number of aryl methyl sites for hydroxylation is 1. The molecule has 1 aromatic rings. The minimum absolute atomic E-state index is 0.0526. The van der Waals surface area contributed by atoms with Crippen LogP contribution in [0.15, 0.2) is 51.6 Å². The summed E-state index contributed by atoms with van der Waals surface area (Å²) in [7, 11) is 0. The molecule has 1 aromatic carbocycles. The van der Waals surface area contributed by atoms with E-state index < -0.39 is 12.0 Å². The molecule has 9 heteroatoms. The van der Waals surface area contributed by atoms with Crippen LogP contribution >= 0.6 is 11.8 Å². The monoisotopic (exact) mass is 525 g/mol. The van der Waals surface area contributed by atoms with Crippen molar-refractivity contribution in [3.63, 3.8) is 0 Å². The van der Waals surface area contributed by atoms with Crippen LogP contribution in [0.2, 0.25) is 0 Å². The average molecular weight is 526 g/mol. The van der Waals surface area contributed by atoms with Gasteiger partial charge >= 0.3 is 11.9 Å². The number of carbonyl (C=O) groups excluding carboxylic acids is 3. The van der Waals surface area contributed by atoms with Crippen LogP contribution in [0.1, 0.15) is 64.1 Å². The van der Waals surface area contributed by atoms with Crippen LogP contribution in [-0.2, 0) is 23.9 Å². The van der Waals surface area contributed by atoms with Crippen molar-refractivity contribution in [2.45, 2.75) is 66.0 Å². The molecule has 0 N–H and O–H groups in total. The summed E-state index contributed by atoms with van der Waals surface area (Å²) in [5, 5.41) is 2.68. The number of piperidine rings is 1. The molecule has 198 valence electrons. The number of fused-ring (bicyclic) bond motifs is 1. The zero-order valence-corrected chi connectivity index (χ0v) is 23.0. The fourth-order valence-electron chi connectivity index (χ4n) is 5.02. The van der Waals surface area contributed by atoms with E-state index in [0.717, 1.165) is 34.8 Å². The zero-order valence-electron chi connectivity index (χ0n) is 22.2. The third-order valence-corrected chi connectivity index (χ3v) is 7.66. The van der Waals surface area contributed by atoms with Crippen LogP contribution in [0, 0.1) is 12.8 Å². The fraction of sp³-hybridized carbons (Fsp3) is 0.500. The summed E-state index contributed by atoms with van der Waals surface area (Å²) in [6.07, 6.45) is 1.37. The highest BCUT2D eigenvalue weighted by atomic mass is 32.2. The van der Waals surface area contributed by atoms with Gasteiger partial charge < -0.3 is 19.3 Å². The minimum Gasteiger partial charge on any atom is -0.466 e. The standard InChI is InChI=1S/C28H35N3O5S/c1-6-35-26(33)20-11-9-13-30(15-20)23(32)14-21-16-37-28-29-19(5)24(27(34)36-17(2)3)25(31(21)28)22-12-8-7-10-18(22)4/h7-8,10,12,16-17,20,25H,6,9,11,13-15H2,1-5H3. The van der Waals surface area contributed by atoms with Gasteiger partial charge in [-0.3, -0.25) is 9.59 Å². The molecule has 1 amide bonds. The summed E-state index contributed by atoms with van der Waals surface area (Å²) >= 11 is 1.45. The number of thioether (sulfide) groups is 1. The summed E-state index contributed by atoms with van der Waals surface area (Å²) in [6.45, 7) is 10.6. The highest BCUT2D eigenvalue weighted by Crippen LogP contribution is 2.45. The number of allylic oxidation sites excluding steroid dienone is 1. The van der Waals surface area contributed by atoms with E-state index in [-0.39, 0.29) is 30.3 Å². The van der Waals surface area contributed by atoms with Crippen molar-refractivity contribution in [2.75, 3.05) is 19.7 Å². The molecule has 3 heterocycles. The number of ether oxygens (including phenoxy) is 2. The Labute approximate surface area is 222 Å². The molecule has 3 aliphatic heterocycles. The predicted octanol–water partition coefficient (Wildman–Crippen LogP) is 4.71. The molecule has 0 aromatic heterocycles. The van der Waals surface area contributed by atoms with Crippen molar-refractivity contribution in [1.82, 2.24) is 9.80 Å². The Morgan fingerprint density at radius 2 is 1.95 bits per heavy atom. The van der Waals surface area contributed by atoms with Gasteiger partial charge in [0.05, 0.1) is 42.4 Å². The Balaban J connectivity index is 1.62. The van der Waals surface area contributed by atoms with Crippen LogP contribution in [-0.4, -0.2) is 58.6 Å². The normalized spacial score (nSPS) is 21.5. The SMILES string of the molecule is CCOC(=O)C1CCCN(C(=O)CC2=CSC3=NC(C)=C(C(=O)OC(C)C)C(c4ccccc4C)N23)C1. The molecule has 0 bridgehead atoms. The second kappa shape index (κ2) is 11.5. The van der Waals surface area contributed by atoms with Crippen LogP contribution in [0.4, 0.5) is 0 Å². The van der Waals surface area contributed by atoms with Crippen LogP contribution in [0.3, 0.4) is 0 Å². The molecule has 2 unspecified atom stereocenters. The van der Waals surface area contributed by atoms with E-state index in [1.807, 2.05) is 62.3 Å². The van der Waals surface area contributed by atoms with Gasteiger partial charge in [0, 0.05) is 18.8 Å². The lowest BCUT2D eigenvalue weighted by Gasteiger charge is -2.38. The van der Waals surface area contributed by atoms with Crippen molar-refractivity contribution in [2.24, 2.45) is 10.9 Å². The summed E-state index contributed by atoms with van der Waals surface area (Å²) in [5.74, 6) is -0.989. The van der Waals surface area contributed by atoms with Gasteiger partial charge in [-0.1, -0.05) is 36.0 Å². The number of rotatable bonds is 7. The molecule has 1 saturated heterocycles. The number of benzene rings is 1. The Bertz CT molecular complexity index is 1170. The lowest BCUT2D eigenvalue weighted by atomic mass is 9.91. The third-order valence-electron chi connectivity index (χ3n) is 6.77. The van der Waals surface area contributed by atoms with E-state index in [0.29, 0.717) is 31.0 Å². The first-order valence-corrected chi connectivity index (χ1v) is 13.7. The highest BCUT2D eigenvalue weighted by molar-refractivity contribution is 8.16. The fourth-order valence-corrected chi connectivity index (χ4v) is 5.98. The van der Waals surface area contributed by atoms with Gasteiger partial charge in [0.1, 0.15) is 0 Å². The molecule has 0 spiro atoms. The Kier molecular flexibility index (Phi) is 8.42. The molecular weight excluding hydrogens is 490 g/mol. The maximum atomic E-state index is 13.4. The average Bonchev–Trinajstić information content (AvgIpc) is 3.25. The van der Waals surface area contributed by atoms with Gasteiger partial charge in [-0.05, 0) is 64.0 Å². The molecule has 0 aliphatic carbocycles. The lowest BCUT2D eigenvalue weighted by Crippen LogP contribution is -2.44. The Hall–Kier alpha value is -3.07. The second-order valence-electron chi connectivity index (χ2n) is 9.81. The number of amides is 1. The van der Waals surface area contributed by atoms with E-state index in [1.165, 1.54) is 11.8 Å². The van der Waals surface area contributed by atoms with Gasteiger partial charge in [0.2, 0.25) is 5.91 Å². The molecule has 3 aliphatic rings. The van der Waals surface area contributed by atoms with E-state index in [2.05, 4.69) is 0 Å². The van der Waals surface area contributed by atoms with E-state index in [9.17, 15) is 14.4 Å². The summed E-state index contributed by atoms with van der Waals surface area (Å²) in [6, 6.07) is 7.49. The van der Waals surface area contributed by atoms with E-state index in [4.69, 9.17) is 14.5 Å². The number of esters is 2. The second-order valence-corrected chi connectivity index (χ2v) is 10.6. The number of aliphatic imine (C=N–C) groups is 1. The Morgan fingerprint density at radius 1 is 1.19 bits per heavy atom. The van der Waals surface area contributed by atoms with Crippen molar-refractivity contribution >= 4 is 34.8 Å². The first kappa shape index (κ1) is 27.0. The van der Waals surface area contributed by atoms with Gasteiger partial charge in [0.15, 0.2) is 5.17 Å². The van der Waals surface area contributed by atoms with Gasteiger partial charge in [-0.25, -0.2) is 9.79 Å². The quantitative estimate of drug-likeness (QED) is 0.476. The van der Waals surface area contributed by atoms with Crippen molar-refractivity contribution < 1.29 is 23.9 Å². The number of likely N-dealkylation sites (tertiary alicyclic amines) is 1.